The fourth-order valence-electron chi connectivity index (χ4n) is 2.49. The van der Waals surface area contributed by atoms with Crippen LogP contribution in [-0.4, -0.2) is 41.1 Å². The molecule has 3 rings (SSSR count). The van der Waals surface area contributed by atoms with Crippen LogP contribution in [0, 0.1) is 4.77 Å². The first-order valence-corrected chi connectivity index (χ1v) is 6.65. The second-order valence-electron chi connectivity index (χ2n) is 4.88. The van der Waals surface area contributed by atoms with Crippen LogP contribution in [0.5, 0.6) is 0 Å². The number of piperidine rings is 1. The molecule has 1 atom stereocenters. The van der Waals surface area contributed by atoms with Crippen LogP contribution in [0.1, 0.15) is 31.7 Å². The van der Waals surface area contributed by atoms with E-state index >= 15 is 0 Å². The van der Waals surface area contributed by atoms with Crippen molar-refractivity contribution in [2.75, 3.05) is 25.1 Å². The smallest absolute Gasteiger partial charge is 0.226 e. The molecule has 2 fully saturated rings. The van der Waals surface area contributed by atoms with E-state index in [0.29, 0.717) is 12.1 Å². The summed E-state index contributed by atoms with van der Waals surface area (Å²) >= 11 is 5.30. The molecule has 0 spiro atoms. The molecule has 6 heteroatoms. The number of rotatable bonds is 3. The lowest BCUT2D eigenvalue weighted by atomic mass is 10.1. The molecule has 1 N–H and O–H groups in total. The molecule has 1 aliphatic carbocycles. The van der Waals surface area contributed by atoms with Crippen molar-refractivity contribution in [1.82, 2.24) is 14.8 Å². The largest absolute Gasteiger partial charge is 0.380 e. The summed E-state index contributed by atoms with van der Waals surface area (Å²) in [7, 11) is 1.78. The summed E-state index contributed by atoms with van der Waals surface area (Å²) in [6.07, 6.45) is 5.07. The van der Waals surface area contributed by atoms with Gasteiger partial charge in [0.1, 0.15) is 0 Å². The minimum absolute atomic E-state index is 0.321. The SMILES string of the molecule is COC1CCCN(c2n[nH]c(=S)n2C2CC2)C1. The van der Waals surface area contributed by atoms with E-state index in [9.17, 15) is 0 Å². The third-order valence-corrected chi connectivity index (χ3v) is 3.88. The topological polar surface area (TPSA) is 46.1 Å². The van der Waals surface area contributed by atoms with Gasteiger partial charge in [0, 0.05) is 26.2 Å². The van der Waals surface area contributed by atoms with Gasteiger partial charge in [-0.3, -0.25) is 4.57 Å². The fraction of sp³-hybridized carbons (Fsp3) is 0.818. The van der Waals surface area contributed by atoms with Crippen LogP contribution in [0.3, 0.4) is 0 Å². The molecule has 5 nitrogen and oxygen atoms in total. The van der Waals surface area contributed by atoms with Gasteiger partial charge >= 0.3 is 0 Å². The van der Waals surface area contributed by atoms with Crippen LogP contribution >= 0.6 is 12.2 Å². The summed E-state index contributed by atoms with van der Waals surface area (Å²) in [4.78, 5) is 2.29. The third-order valence-electron chi connectivity index (χ3n) is 3.59. The van der Waals surface area contributed by atoms with Gasteiger partial charge in [0.15, 0.2) is 4.77 Å². The van der Waals surface area contributed by atoms with E-state index in [-0.39, 0.29) is 0 Å². The monoisotopic (exact) mass is 254 g/mol. The summed E-state index contributed by atoms with van der Waals surface area (Å²) in [5.41, 5.74) is 0. The third kappa shape index (κ3) is 2.11. The van der Waals surface area contributed by atoms with Crippen molar-refractivity contribution in [3.8, 4) is 0 Å². The van der Waals surface area contributed by atoms with Crippen molar-refractivity contribution in [3.05, 3.63) is 4.77 Å². The highest BCUT2D eigenvalue weighted by Crippen LogP contribution is 2.38. The molecule has 1 unspecified atom stereocenters. The maximum Gasteiger partial charge on any atom is 0.226 e. The minimum Gasteiger partial charge on any atom is -0.380 e. The molecule has 0 aromatic carbocycles. The Hall–Kier alpha value is -0.880. The number of methoxy groups -OCH3 is 1. The van der Waals surface area contributed by atoms with Crippen molar-refractivity contribution in [1.29, 1.82) is 0 Å². The maximum atomic E-state index is 5.45. The molecule has 2 aliphatic rings. The molecule has 1 aromatic heterocycles. The highest BCUT2D eigenvalue weighted by atomic mass is 32.1. The zero-order valence-electron chi connectivity index (χ0n) is 10.1. The lowest BCUT2D eigenvalue weighted by Gasteiger charge is -2.32. The second kappa shape index (κ2) is 4.42. The van der Waals surface area contributed by atoms with Gasteiger partial charge in [-0.05, 0) is 37.9 Å². The molecule has 2 heterocycles. The highest BCUT2D eigenvalue weighted by Gasteiger charge is 2.31. The number of aromatic amines is 1. The first-order valence-electron chi connectivity index (χ1n) is 6.24. The molecule has 17 heavy (non-hydrogen) atoms. The first kappa shape index (κ1) is 11.2. The number of nitrogens with one attached hydrogen (secondary N) is 1. The van der Waals surface area contributed by atoms with Gasteiger partial charge in [0.25, 0.3) is 0 Å². The number of hydrogen-bond donors (Lipinski definition) is 1. The Morgan fingerprint density at radius 2 is 2.24 bits per heavy atom. The first-order chi connectivity index (χ1) is 8.29. The second-order valence-corrected chi connectivity index (χ2v) is 5.26. The van der Waals surface area contributed by atoms with E-state index in [1.807, 2.05) is 0 Å². The van der Waals surface area contributed by atoms with Gasteiger partial charge in [0.05, 0.1) is 6.10 Å². The normalized spacial score (nSPS) is 25.2. The molecular weight excluding hydrogens is 236 g/mol. The molecule has 1 aliphatic heterocycles. The Kier molecular flexibility index (Phi) is 2.92. The Bertz CT molecular complexity index is 451. The maximum absolute atomic E-state index is 5.45. The van der Waals surface area contributed by atoms with Crippen molar-refractivity contribution in [2.45, 2.75) is 37.8 Å². The summed E-state index contributed by atoms with van der Waals surface area (Å²) in [6, 6.07) is 0.569. The number of aromatic nitrogens is 3. The van der Waals surface area contributed by atoms with E-state index in [2.05, 4.69) is 19.7 Å². The molecule has 1 saturated carbocycles. The predicted molar refractivity (Wildman–Crippen MR) is 67.9 cm³/mol. The number of nitrogens with zero attached hydrogens (tertiary/aromatic N) is 3. The molecule has 0 radical (unpaired) electrons. The van der Waals surface area contributed by atoms with Crippen molar-refractivity contribution in [3.63, 3.8) is 0 Å². The quantitative estimate of drug-likeness (QED) is 0.837. The van der Waals surface area contributed by atoms with Crippen LogP contribution in [0.15, 0.2) is 0 Å². The Balaban J connectivity index is 1.85. The molecule has 1 aromatic rings. The van der Waals surface area contributed by atoms with Gasteiger partial charge < -0.3 is 9.64 Å². The van der Waals surface area contributed by atoms with E-state index in [1.54, 1.807) is 7.11 Å². The van der Waals surface area contributed by atoms with Crippen LogP contribution in [0.2, 0.25) is 0 Å². The lowest BCUT2D eigenvalue weighted by molar-refractivity contribution is 0.0887. The van der Waals surface area contributed by atoms with E-state index in [1.165, 1.54) is 12.8 Å². The number of ether oxygens (including phenoxy) is 1. The number of anilines is 1. The summed E-state index contributed by atoms with van der Waals surface area (Å²) < 4.78 is 8.38. The van der Waals surface area contributed by atoms with E-state index in [0.717, 1.165) is 36.7 Å². The van der Waals surface area contributed by atoms with E-state index < -0.39 is 0 Å². The zero-order chi connectivity index (χ0) is 11.8. The van der Waals surface area contributed by atoms with Crippen LogP contribution in [0.25, 0.3) is 0 Å². The van der Waals surface area contributed by atoms with Crippen LogP contribution < -0.4 is 4.90 Å². The van der Waals surface area contributed by atoms with Gasteiger partial charge in [0.2, 0.25) is 5.95 Å². The minimum atomic E-state index is 0.321. The molecule has 94 valence electrons. The summed E-state index contributed by atoms with van der Waals surface area (Å²) in [5.74, 6) is 0.999. The van der Waals surface area contributed by atoms with Gasteiger partial charge in [-0.25, -0.2) is 5.10 Å². The van der Waals surface area contributed by atoms with Crippen molar-refractivity contribution >= 4 is 18.2 Å². The number of H-pyrrole nitrogens is 1. The van der Waals surface area contributed by atoms with Crippen LogP contribution in [-0.2, 0) is 4.74 Å². The highest BCUT2D eigenvalue weighted by molar-refractivity contribution is 7.71. The lowest BCUT2D eigenvalue weighted by Crippen LogP contribution is -2.40. The van der Waals surface area contributed by atoms with Crippen molar-refractivity contribution in [2.24, 2.45) is 0 Å². The predicted octanol–water partition coefficient (Wildman–Crippen LogP) is 1.89. The van der Waals surface area contributed by atoms with Crippen LogP contribution in [0.4, 0.5) is 5.95 Å². The Morgan fingerprint density at radius 3 is 2.94 bits per heavy atom. The average Bonchev–Trinajstić information content (AvgIpc) is 3.12. The van der Waals surface area contributed by atoms with Crippen molar-refractivity contribution < 1.29 is 4.74 Å². The van der Waals surface area contributed by atoms with Gasteiger partial charge in [-0.15, -0.1) is 5.10 Å². The molecule has 0 bridgehead atoms. The summed E-state index contributed by atoms with van der Waals surface area (Å²) in [5, 5.41) is 7.31. The standard InChI is InChI=1S/C11H18N4OS/c1-16-9-3-2-6-14(7-9)10-12-13-11(17)15(10)8-4-5-8/h8-9H,2-7H2,1H3,(H,13,17). The van der Waals surface area contributed by atoms with Gasteiger partial charge in [-0.1, -0.05) is 0 Å². The summed E-state index contributed by atoms with van der Waals surface area (Å²) in [6.45, 7) is 1.97. The average molecular weight is 254 g/mol. The molecular formula is C11H18N4OS. The van der Waals surface area contributed by atoms with Gasteiger partial charge in [-0.2, -0.15) is 0 Å². The molecule has 0 amide bonds. The molecule has 1 saturated heterocycles. The zero-order valence-corrected chi connectivity index (χ0v) is 10.9. The Morgan fingerprint density at radius 1 is 1.41 bits per heavy atom. The van der Waals surface area contributed by atoms with E-state index in [4.69, 9.17) is 17.0 Å². The fourth-order valence-corrected chi connectivity index (χ4v) is 2.77. The Labute approximate surface area is 106 Å². The number of hydrogen-bond acceptors (Lipinski definition) is 4.